The van der Waals surface area contributed by atoms with E-state index in [-0.39, 0.29) is 0 Å². The van der Waals surface area contributed by atoms with Crippen LogP contribution < -0.4 is 5.32 Å². The molecule has 0 heterocycles. The van der Waals surface area contributed by atoms with Crippen molar-refractivity contribution in [3.63, 3.8) is 0 Å². The minimum absolute atomic E-state index is 0.588. The van der Waals surface area contributed by atoms with Crippen LogP contribution in [-0.2, 0) is 0 Å². The van der Waals surface area contributed by atoms with Crippen molar-refractivity contribution in [1.29, 1.82) is 0 Å². The molecule has 2 nitrogen and oxygen atoms in total. The molecule has 0 aromatic heterocycles. The topological polar surface area (TPSA) is 15.3 Å². The van der Waals surface area contributed by atoms with Crippen LogP contribution in [0, 0.1) is 11.3 Å². The van der Waals surface area contributed by atoms with Gasteiger partial charge < -0.3 is 10.2 Å². The fraction of sp³-hybridized carbons (Fsp3) is 1.00. The average Bonchev–Trinajstić information content (AvgIpc) is 2.89. The summed E-state index contributed by atoms with van der Waals surface area (Å²) in [5, 5.41) is 3.59. The van der Waals surface area contributed by atoms with Gasteiger partial charge in [-0.3, -0.25) is 0 Å². The normalized spacial score (nSPS) is 27.0. The Bertz CT molecular complexity index is 258. The molecule has 0 saturated heterocycles. The molecular weight excluding hydrogens is 232 g/mol. The zero-order chi connectivity index (χ0) is 13.9. The van der Waals surface area contributed by atoms with E-state index in [0.717, 1.165) is 12.0 Å². The number of hydrogen-bond donors (Lipinski definition) is 1. The standard InChI is InChI=1S/C17H34N2/c1-17(2)11-9-15(10-12-17)19(4)13-16(18-3)14-7-5-6-8-14/h14-16,18H,5-13H2,1-4H3. The zero-order valence-electron chi connectivity index (χ0n) is 13.5. The Kier molecular flexibility index (Phi) is 5.30. The summed E-state index contributed by atoms with van der Waals surface area (Å²) >= 11 is 0. The maximum atomic E-state index is 3.59. The smallest absolute Gasteiger partial charge is 0.0220 e. The summed E-state index contributed by atoms with van der Waals surface area (Å²) in [4.78, 5) is 2.65. The quantitative estimate of drug-likeness (QED) is 0.817. The molecule has 0 spiro atoms. The molecule has 112 valence electrons. The first kappa shape index (κ1) is 15.3. The molecule has 1 atom stereocenters. The first-order chi connectivity index (χ1) is 9.02. The van der Waals surface area contributed by atoms with Crippen LogP contribution in [0.5, 0.6) is 0 Å². The average molecular weight is 266 g/mol. The fourth-order valence-corrected chi connectivity index (χ4v) is 4.12. The van der Waals surface area contributed by atoms with Gasteiger partial charge in [-0.15, -0.1) is 0 Å². The predicted octanol–water partition coefficient (Wildman–Crippen LogP) is 3.67. The van der Waals surface area contributed by atoms with Crippen molar-refractivity contribution in [2.75, 3.05) is 20.6 Å². The molecule has 0 radical (unpaired) electrons. The Morgan fingerprint density at radius 1 is 1.11 bits per heavy atom. The largest absolute Gasteiger partial charge is 0.315 e. The molecule has 0 aromatic rings. The van der Waals surface area contributed by atoms with Crippen LogP contribution in [-0.4, -0.2) is 37.6 Å². The monoisotopic (exact) mass is 266 g/mol. The van der Waals surface area contributed by atoms with E-state index in [1.54, 1.807) is 0 Å². The molecule has 19 heavy (non-hydrogen) atoms. The second kappa shape index (κ2) is 6.58. The van der Waals surface area contributed by atoms with Crippen LogP contribution in [0.25, 0.3) is 0 Å². The van der Waals surface area contributed by atoms with Crippen molar-refractivity contribution in [2.45, 2.75) is 77.3 Å². The highest BCUT2D eigenvalue weighted by molar-refractivity contribution is 4.87. The molecular formula is C17H34N2. The number of nitrogens with one attached hydrogen (secondary N) is 1. The van der Waals surface area contributed by atoms with Crippen molar-refractivity contribution in [3.8, 4) is 0 Å². The molecule has 0 bridgehead atoms. The molecule has 2 rings (SSSR count). The minimum Gasteiger partial charge on any atom is -0.315 e. The SMILES string of the molecule is CNC(CN(C)C1CCC(C)(C)CC1)C1CCCC1. The maximum absolute atomic E-state index is 3.59. The summed E-state index contributed by atoms with van der Waals surface area (Å²) in [6.07, 6.45) is 11.4. The Hall–Kier alpha value is -0.0800. The molecule has 0 amide bonds. The molecule has 2 saturated carbocycles. The van der Waals surface area contributed by atoms with Crippen LogP contribution in [0.1, 0.15) is 65.2 Å². The molecule has 0 aromatic carbocycles. The number of likely N-dealkylation sites (N-methyl/N-ethyl adjacent to an activating group) is 2. The van der Waals surface area contributed by atoms with E-state index in [2.05, 4.69) is 38.2 Å². The Balaban J connectivity index is 1.80. The predicted molar refractivity (Wildman–Crippen MR) is 83.5 cm³/mol. The molecule has 2 aliphatic rings. The molecule has 2 heteroatoms. The van der Waals surface area contributed by atoms with Gasteiger partial charge in [0.05, 0.1) is 0 Å². The third-order valence-electron chi connectivity index (χ3n) is 5.76. The summed E-state index contributed by atoms with van der Waals surface area (Å²) in [6.45, 7) is 6.10. The Morgan fingerprint density at radius 2 is 1.68 bits per heavy atom. The van der Waals surface area contributed by atoms with Crippen LogP contribution in [0.2, 0.25) is 0 Å². The third-order valence-corrected chi connectivity index (χ3v) is 5.76. The van der Waals surface area contributed by atoms with Crippen molar-refractivity contribution < 1.29 is 0 Å². The van der Waals surface area contributed by atoms with Gasteiger partial charge >= 0.3 is 0 Å². The van der Waals surface area contributed by atoms with E-state index in [0.29, 0.717) is 11.5 Å². The lowest BCUT2D eigenvalue weighted by Crippen LogP contribution is -2.47. The molecule has 2 fully saturated rings. The first-order valence-electron chi connectivity index (χ1n) is 8.39. The molecule has 0 aliphatic heterocycles. The highest BCUT2D eigenvalue weighted by atomic mass is 15.2. The summed E-state index contributed by atoms with van der Waals surface area (Å²) < 4.78 is 0. The molecule has 2 aliphatic carbocycles. The van der Waals surface area contributed by atoms with Crippen molar-refractivity contribution >= 4 is 0 Å². The summed E-state index contributed by atoms with van der Waals surface area (Å²) in [5.74, 6) is 0.924. The highest BCUT2D eigenvalue weighted by Gasteiger charge is 2.31. The van der Waals surface area contributed by atoms with Gasteiger partial charge in [0.2, 0.25) is 0 Å². The van der Waals surface area contributed by atoms with Crippen molar-refractivity contribution in [2.24, 2.45) is 11.3 Å². The van der Waals surface area contributed by atoms with E-state index in [1.165, 1.54) is 57.9 Å². The lowest BCUT2D eigenvalue weighted by atomic mass is 9.75. The third kappa shape index (κ3) is 4.19. The van der Waals surface area contributed by atoms with Gasteiger partial charge in [0.15, 0.2) is 0 Å². The number of hydrogen-bond acceptors (Lipinski definition) is 2. The van der Waals surface area contributed by atoms with Gasteiger partial charge in [0.25, 0.3) is 0 Å². The van der Waals surface area contributed by atoms with Crippen LogP contribution >= 0.6 is 0 Å². The van der Waals surface area contributed by atoms with Gasteiger partial charge in [-0.05, 0) is 64.0 Å². The van der Waals surface area contributed by atoms with Crippen LogP contribution in [0.4, 0.5) is 0 Å². The zero-order valence-corrected chi connectivity index (χ0v) is 13.5. The first-order valence-corrected chi connectivity index (χ1v) is 8.39. The Morgan fingerprint density at radius 3 is 2.21 bits per heavy atom. The van der Waals surface area contributed by atoms with Gasteiger partial charge in [0.1, 0.15) is 0 Å². The highest BCUT2D eigenvalue weighted by Crippen LogP contribution is 2.37. The Labute approximate surface area is 120 Å². The van der Waals surface area contributed by atoms with Crippen molar-refractivity contribution in [1.82, 2.24) is 10.2 Å². The van der Waals surface area contributed by atoms with E-state index in [9.17, 15) is 0 Å². The maximum Gasteiger partial charge on any atom is 0.0220 e. The summed E-state index contributed by atoms with van der Waals surface area (Å²) in [6, 6.07) is 1.53. The van der Waals surface area contributed by atoms with E-state index >= 15 is 0 Å². The van der Waals surface area contributed by atoms with E-state index in [4.69, 9.17) is 0 Å². The van der Waals surface area contributed by atoms with Crippen LogP contribution in [0.15, 0.2) is 0 Å². The summed E-state index contributed by atoms with van der Waals surface area (Å²) in [5.41, 5.74) is 0.588. The van der Waals surface area contributed by atoms with E-state index < -0.39 is 0 Å². The van der Waals surface area contributed by atoms with Crippen LogP contribution in [0.3, 0.4) is 0 Å². The van der Waals surface area contributed by atoms with Gasteiger partial charge in [-0.25, -0.2) is 0 Å². The number of nitrogens with zero attached hydrogens (tertiary/aromatic N) is 1. The lowest BCUT2D eigenvalue weighted by Gasteiger charge is -2.40. The number of rotatable bonds is 5. The second-order valence-corrected chi connectivity index (χ2v) is 7.77. The van der Waals surface area contributed by atoms with E-state index in [1.807, 2.05) is 0 Å². The fourth-order valence-electron chi connectivity index (χ4n) is 4.12. The lowest BCUT2D eigenvalue weighted by molar-refractivity contribution is 0.112. The van der Waals surface area contributed by atoms with Crippen molar-refractivity contribution in [3.05, 3.63) is 0 Å². The van der Waals surface area contributed by atoms with Gasteiger partial charge in [0, 0.05) is 18.6 Å². The summed E-state index contributed by atoms with van der Waals surface area (Å²) in [7, 11) is 4.50. The molecule has 1 N–H and O–H groups in total. The minimum atomic E-state index is 0.588. The molecule has 1 unspecified atom stereocenters. The van der Waals surface area contributed by atoms with Gasteiger partial charge in [-0.1, -0.05) is 26.7 Å². The second-order valence-electron chi connectivity index (χ2n) is 7.77. The van der Waals surface area contributed by atoms with Gasteiger partial charge in [-0.2, -0.15) is 0 Å².